The first-order chi connectivity index (χ1) is 12.1. The molecule has 1 atom stereocenters. The third kappa shape index (κ3) is 3.10. The van der Waals surface area contributed by atoms with E-state index in [2.05, 4.69) is 15.2 Å². The molecule has 1 aliphatic heterocycles. The minimum atomic E-state index is -2.87. The average molecular weight is 347 g/mol. The van der Waals surface area contributed by atoms with Gasteiger partial charge in [0.25, 0.3) is 0 Å². The van der Waals surface area contributed by atoms with Crippen LogP contribution in [0.15, 0.2) is 30.5 Å². The largest absolute Gasteiger partial charge is 0.435 e. The lowest BCUT2D eigenvalue weighted by Crippen LogP contribution is -2.25. The molecule has 1 amide bonds. The van der Waals surface area contributed by atoms with Gasteiger partial charge in [-0.05, 0) is 30.5 Å². The number of fused-ring (bicyclic) bond motifs is 1. The lowest BCUT2D eigenvalue weighted by molar-refractivity contribution is -0.116. The topological polar surface area (TPSA) is 56.1 Å². The van der Waals surface area contributed by atoms with E-state index >= 15 is 0 Å². The van der Waals surface area contributed by atoms with Gasteiger partial charge in [-0.3, -0.25) is 4.79 Å². The standard InChI is InChI=1S/C18H19F2N3O2/c19-18(20)25-13-7-3-4-11(8-13)14-9-16(24)22-17-15(14)10-21-23(17)12-5-1-2-6-12/h3-4,7-8,10,12,14,18H,1-2,5-6,9H2,(H,22,24)/t14-/m1/s1. The summed E-state index contributed by atoms with van der Waals surface area (Å²) in [4.78, 5) is 12.2. The van der Waals surface area contributed by atoms with Gasteiger partial charge in [-0.1, -0.05) is 25.0 Å². The molecule has 2 aliphatic rings. The van der Waals surface area contributed by atoms with E-state index in [9.17, 15) is 13.6 Å². The van der Waals surface area contributed by atoms with Crippen LogP contribution in [-0.4, -0.2) is 22.3 Å². The lowest BCUT2D eigenvalue weighted by atomic mass is 9.87. The molecule has 7 heteroatoms. The summed E-state index contributed by atoms with van der Waals surface area (Å²) in [5.74, 6) is 0.550. The van der Waals surface area contributed by atoms with Crippen molar-refractivity contribution in [1.29, 1.82) is 0 Å². The van der Waals surface area contributed by atoms with Crippen LogP contribution in [0.2, 0.25) is 0 Å². The molecule has 0 saturated heterocycles. The van der Waals surface area contributed by atoms with Crippen LogP contribution in [0.5, 0.6) is 5.75 Å². The predicted molar refractivity (Wildman–Crippen MR) is 87.9 cm³/mol. The third-order valence-corrected chi connectivity index (χ3v) is 5.00. The van der Waals surface area contributed by atoms with Crippen molar-refractivity contribution < 1.29 is 18.3 Å². The molecule has 0 radical (unpaired) electrons. The van der Waals surface area contributed by atoms with E-state index in [1.807, 2.05) is 10.7 Å². The van der Waals surface area contributed by atoms with Crippen LogP contribution in [0.25, 0.3) is 0 Å². The van der Waals surface area contributed by atoms with Crippen LogP contribution in [0, 0.1) is 0 Å². The zero-order valence-corrected chi connectivity index (χ0v) is 13.6. The molecule has 4 rings (SSSR count). The maximum atomic E-state index is 12.5. The molecule has 0 bridgehead atoms. The third-order valence-electron chi connectivity index (χ3n) is 5.00. The molecule has 25 heavy (non-hydrogen) atoms. The summed E-state index contributed by atoms with van der Waals surface area (Å²) in [5.41, 5.74) is 1.71. The monoisotopic (exact) mass is 347 g/mol. The summed E-state index contributed by atoms with van der Waals surface area (Å²) in [7, 11) is 0. The van der Waals surface area contributed by atoms with E-state index in [1.54, 1.807) is 18.3 Å². The second kappa shape index (κ2) is 6.46. The normalized spacial score (nSPS) is 20.6. The minimum Gasteiger partial charge on any atom is -0.435 e. The van der Waals surface area contributed by atoms with E-state index in [0.717, 1.165) is 29.8 Å². The number of ether oxygens (including phenoxy) is 1. The van der Waals surface area contributed by atoms with Crippen LogP contribution in [0.4, 0.5) is 14.6 Å². The number of amides is 1. The Morgan fingerprint density at radius 2 is 2.08 bits per heavy atom. The zero-order valence-electron chi connectivity index (χ0n) is 13.6. The molecule has 0 unspecified atom stereocenters. The minimum absolute atomic E-state index is 0.0857. The maximum absolute atomic E-state index is 12.5. The van der Waals surface area contributed by atoms with Crippen LogP contribution in [-0.2, 0) is 4.79 Å². The Labute approximate surface area is 144 Å². The maximum Gasteiger partial charge on any atom is 0.387 e. The Hall–Kier alpha value is -2.44. The molecule has 1 aromatic heterocycles. The number of carbonyl (C=O) groups is 1. The highest BCUT2D eigenvalue weighted by atomic mass is 19.3. The van der Waals surface area contributed by atoms with Gasteiger partial charge in [0.15, 0.2) is 0 Å². The van der Waals surface area contributed by atoms with Gasteiger partial charge >= 0.3 is 6.61 Å². The second-order valence-corrected chi connectivity index (χ2v) is 6.59. The van der Waals surface area contributed by atoms with Crippen LogP contribution in [0.3, 0.4) is 0 Å². The first kappa shape index (κ1) is 16.1. The van der Waals surface area contributed by atoms with Crippen LogP contribution >= 0.6 is 0 Å². The second-order valence-electron chi connectivity index (χ2n) is 6.59. The first-order valence-electron chi connectivity index (χ1n) is 8.54. The molecule has 1 N–H and O–H groups in total. The van der Waals surface area contributed by atoms with E-state index < -0.39 is 6.61 Å². The van der Waals surface area contributed by atoms with Crippen LogP contribution in [0.1, 0.15) is 55.2 Å². The molecule has 1 aromatic carbocycles. The molecule has 2 aromatic rings. The molecule has 5 nitrogen and oxygen atoms in total. The highest BCUT2D eigenvalue weighted by Gasteiger charge is 2.32. The van der Waals surface area contributed by atoms with Crippen molar-refractivity contribution in [3.8, 4) is 5.75 Å². The number of alkyl halides is 2. The average Bonchev–Trinajstić information content (AvgIpc) is 3.22. The summed E-state index contributed by atoms with van der Waals surface area (Å²) in [6.45, 7) is -2.87. The fourth-order valence-electron chi connectivity index (χ4n) is 3.87. The summed E-state index contributed by atoms with van der Waals surface area (Å²) in [5, 5.41) is 7.45. The number of hydrogen-bond donors (Lipinski definition) is 1. The number of anilines is 1. The number of rotatable bonds is 4. The van der Waals surface area contributed by atoms with Crippen molar-refractivity contribution >= 4 is 11.7 Å². The zero-order chi connectivity index (χ0) is 17.4. The molecule has 132 valence electrons. The van der Waals surface area contributed by atoms with Gasteiger partial charge in [0.1, 0.15) is 11.6 Å². The SMILES string of the molecule is O=C1C[C@H](c2cccc(OC(F)F)c2)c2cnn(C3CCCC3)c2N1. The highest BCUT2D eigenvalue weighted by Crippen LogP contribution is 2.41. The van der Waals surface area contributed by atoms with E-state index in [0.29, 0.717) is 6.04 Å². The van der Waals surface area contributed by atoms with E-state index in [1.165, 1.54) is 18.9 Å². The van der Waals surface area contributed by atoms with Crippen molar-refractivity contribution in [2.24, 2.45) is 0 Å². The number of nitrogens with zero attached hydrogens (tertiary/aromatic N) is 2. The molecule has 0 spiro atoms. The fraction of sp³-hybridized carbons (Fsp3) is 0.444. The van der Waals surface area contributed by atoms with E-state index in [4.69, 9.17) is 0 Å². The quantitative estimate of drug-likeness (QED) is 0.907. The van der Waals surface area contributed by atoms with Gasteiger partial charge < -0.3 is 10.1 Å². The molecular weight excluding hydrogens is 328 g/mol. The Bertz CT molecular complexity index is 784. The smallest absolute Gasteiger partial charge is 0.387 e. The molecule has 1 fully saturated rings. The Kier molecular flexibility index (Phi) is 4.15. The predicted octanol–water partition coefficient (Wildman–Crippen LogP) is 4.07. The van der Waals surface area contributed by atoms with Gasteiger partial charge in [-0.15, -0.1) is 0 Å². The molecule has 2 heterocycles. The number of carbonyl (C=O) groups excluding carboxylic acids is 1. The van der Waals surface area contributed by atoms with Gasteiger partial charge in [0, 0.05) is 17.9 Å². The number of aromatic nitrogens is 2. The molecular formula is C18H19F2N3O2. The van der Waals surface area contributed by atoms with Gasteiger partial charge in [0.05, 0.1) is 12.2 Å². The van der Waals surface area contributed by atoms with Crippen molar-refractivity contribution in [2.75, 3.05) is 5.32 Å². The van der Waals surface area contributed by atoms with Gasteiger partial charge in [-0.25, -0.2) is 4.68 Å². The number of nitrogens with one attached hydrogen (secondary N) is 1. The molecule has 1 saturated carbocycles. The Morgan fingerprint density at radius 1 is 1.28 bits per heavy atom. The van der Waals surface area contributed by atoms with Crippen molar-refractivity contribution in [3.05, 3.63) is 41.6 Å². The molecule has 1 aliphatic carbocycles. The van der Waals surface area contributed by atoms with Crippen molar-refractivity contribution in [1.82, 2.24) is 9.78 Å². The highest BCUT2D eigenvalue weighted by molar-refractivity contribution is 5.94. The van der Waals surface area contributed by atoms with Gasteiger partial charge in [0.2, 0.25) is 5.91 Å². The summed E-state index contributed by atoms with van der Waals surface area (Å²) < 4.78 is 31.4. The van der Waals surface area contributed by atoms with Crippen molar-refractivity contribution in [2.45, 2.75) is 50.7 Å². The van der Waals surface area contributed by atoms with E-state index in [-0.39, 0.29) is 24.0 Å². The summed E-state index contributed by atoms with van der Waals surface area (Å²) in [6.07, 6.45) is 6.52. The summed E-state index contributed by atoms with van der Waals surface area (Å²) >= 11 is 0. The van der Waals surface area contributed by atoms with Crippen LogP contribution < -0.4 is 10.1 Å². The number of benzene rings is 1. The Morgan fingerprint density at radius 3 is 2.84 bits per heavy atom. The number of hydrogen-bond acceptors (Lipinski definition) is 3. The number of halogens is 2. The fourth-order valence-corrected chi connectivity index (χ4v) is 3.87. The lowest BCUT2D eigenvalue weighted by Gasteiger charge is -2.25. The Balaban J connectivity index is 1.69. The summed E-state index contributed by atoms with van der Waals surface area (Å²) in [6, 6.07) is 6.88. The first-order valence-corrected chi connectivity index (χ1v) is 8.54. The van der Waals surface area contributed by atoms with Gasteiger partial charge in [-0.2, -0.15) is 13.9 Å². The van der Waals surface area contributed by atoms with Crippen molar-refractivity contribution in [3.63, 3.8) is 0 Å².